The number of carbonyl (C=O) groups excluding carboxylic acids is 1. The number of hydrogen-bond acceptors (Lipinski definition) is 5. The number of rotatable bonds is 6. The molecule has 5 nitrogen and oxygen atoms in total. The Morgan fingerprint density at radius 1 is 1.26 bits per heavy atom. The van der Waals surface area contributed by atoms with Gasteiger partial charge < -0.3 is 5.32 Å². The third kappa shape index (κ3) is 4.26. The lowest BCUT2D eigenvalue weighted by molar-refractivity contribution is -0.129. The van der Waals surface area contributed by atoms with Crippen molar-refractivity contribution in [2.75, 3.05) is 31.9 Å². The lowest BCUT2D eigenvalue weighted by Gasteiger charge is -2.40. The van der Waals surface area contributed by atoms with Crippen molar-refractivity contribution in [3.05, 3.63) is 0 Å². The average Bonchev–Trinajstić information content (AvgIpc) is 2.36. The van der Waals surface area contributed by atoms with Crippen LogP contribution in [0, 0.1) is 0 Å². The first-order chi connectivity index (χ1) is 8.68. The molecular formula is C13H26N2O3S. The van der Waals surface area contributed by atoms with E-state index in [-0.39, 0.29) is 18.0 Å². The van der Waals surface area contributed by atoms with Crippen molar-refractivity contribution in [2.24, 2.45) is 0 Å². The Morgan fingerprint density at radius 2 is 1.79 bits per heavy atom. The molecule has 0 spiro atoms. The predicted molar refractivity (Wildman–Crippen MR) is 77.1 cm³/mol. The largest absolute Gasteiger partial charge is 0.314 e. The third-order valence-corrected chi connectivity index (χ3v) is 6.13. The first-order valence-corrected chi connectivity index (χ1v) is 8.60. The van der Waals surface area contributed by atoms with Gasteiger partial charge in [-0.2, -0.15) is 0 Å². The summed E-state index contributed by atoms with van der Waals surface area (Å²) in [6.45, 7) is 10.5. The molecule has 1 N–H and O–H groups in total. The standard InChI is InChI=1S/C13H26N2O3S/c1-11(2)19(17,18)10-5-12(16)13(3,4)15-8-6-14-7-9-15/h11,14H,5-10H2,1-4H3. The quantitative estimate of drug-likeness (QED) is 0.769. The molecule has 0 aliphatic carbocycles. The van der Waals surface area contributed by atoms with Crippen LogP contribution in [0.25, 0.3) is 0 Å². The minimum Gasteiger partial charge on any atom is -0.314 e. The van der Waals surface area contributed by atoms with Gasteiger partial charge in [-0.3, -0.25) is 9.69 Å². The maximum atomic E-state index is 12.3. The normalized spacial score (nSPS) is 18.8. The summed E-state index contributed by atoms with van der Waals surface area (Å²) < 4.78 is 23.5. The van der Waals surface area contributed by atoms with Crippen LogP contribution in [-0.4, -0.2) is 61.8 Å². The Bertz CT molecular complexity index is 410. The van der Waals surface area contributed by atoms with Gasteiger partial charge >= 0.3 is 0 Å². The number of nitrogens with one attached hydrogen (secondary N) is 1. The van der Waals surface area contributed by atoms with Gasteiger partial charge in [0.1, 0.15) is 0 Å². The van der Waals surface area contributed by atoms with Gasteiger partial charge in [0.25, 0.3) is 0 Å². The highest BCUT2D eigenvalue weighted by Gasteiger charge is 2.35. The van der Waals surface area contributed by atoms with Crippen LogP contribution in [-0.2, 0) is 14.6 Å². The Balaban J connectivity index is 2.61. The molecule has 0 saturated carbocycles. The topological polar surface area (TPSA) is 66.5 Å². The minimum absolute atomic E-state index is 0.0126. The van der Waals surface area contributed by atoms with Crippen LogP contribution in [0.15, 0.2) is 0 Å². The van der Waals surface area contributed by atoms with E-state index < -0.39 is 20.6 Å². The van der Waals surface area contributed by atoms with Gasteiger partial charge in [-0.15, -0.1) is 0 Å². The average molecular weight is 290 g/mol. The van der Waals surface area contributed by atoms with Gasteiger partial charge in [-0.25, -0.2) is 8.42 Å². The number of nitrogens with zero attached hydrogens (tertiary/aromatic N) is 1. The minimum atomic E-state index is -3.14. The van der Waals surface area contributed by atoms with Gasteiger partial charge in [0.15, 0.2) is 15.6 Å². The van der Waals surface area contributed by atoms with E-state index in [9.17, 15) is 13.2 Å². The molecule has 6 heteroatoms. The van der Waals surface area contributed by atoms with Crippen molar-refractivity contribution in [3.63, 3.8) is 0 Å². The highest BCUT2D eigenvalue weighted by atomic mass is 32.2. The predicted octanol–water partition coefficient (Wildman–Crippen LogP) is 0.453. The molecule has 1 rings (SSSR count). The van der Waals surface area contributed by atoms with Gasteiger partial charge in [0.2, 0.25) is 0 Å². The fourth-order valence-electron chi connectivity index (χ4n) is 2.18. The van der Waals surface area contributed by atoms with Crippen LogP contribution in [0.1, 0.15) is 34.1 Å². The van der Waals surface area contributed by atoms with Crippen molar-refractivity contribution in [3.8, 4) is 0 Å². The highest BCUT2D eigenvalue weighted by molar-refractivity contribution is 7.91. The maximum Gasteiger partial charge on any atom is 0.153 e. The second kappa shape index (κ2) is 6.33. The molecule has 0 radical (unpaired) electrons. The van der Waals surface area contributed by atoms with Crippen LogP contribution in [0.3, 0.4) is 0 Å². The van der Waals surface area contributed by atoms with Crippen molar-refractivity contribution < 1.29 is 13.2 Å². The lowest BCUT2D eigenvalue weighted by Crippen LogP contribution is -2.57. The zero-order chi connectivity index (χ0) is 14.7. The van der Waals surface area contributed by atoms with E-state index in [2.05, 4.69) is 10.2 Å². The Labute approximate surface area is 116 Å². The second-order valence-electron chi connectivity index (χ2n) is 5.88. The number of sulfone groups is 1. The van der Waals surface area contributed by atoms with Gasteiger partial charge in [0.05, 0.1) is 16.5 Å². The zero-order valence-corrected chi connectivity index (χ0v) is 13.2. The number of piperazine rings is 1. The Hall–Kier alpha value is -0.460. The molecular weight excluding hydrogens is 264 g/mol. The summed E-state index contributed by atoms with van der Waals surface area (Å²) in [6, 6.07) is 0. The molecule has 19 heavy (non-hydrogen) atoms. The first-order valence-electron chi connectivity index (χ1n) is 6.88. The second-order valence-corrected chi connectivity index (χ2v) is 8.56. The van der Waals surface area contributed by atoms with E-state index in [1.165, 1.54) is 0 Å². The van der Waals surface area contributed by atoms with Gasteiger partial charge in [-0.05, 0) is 27.7 Å². The number of hydrogen-bond donors (Lipinski definition) is 1. The van der Waals surface area contributed by atoms with Crippen molar-refractivity contribution in [1.82, 2.24) is 10.2 Å². The summed E-state index contributed by atoms with van der Waals surface area (Å²) in [5.41, 5.74) is -0.575. The Kier molecular flexibility index (Phi) is 5.53. The van der Waals surface area contributed by atoms with Crippen molar-refractivity contribution >= 4 is 15.6 Å². The van der Waals surface area contributed by atoms with E-state index in [1.54, 1.807) is 13.8 Å². The maximum absolute atomic E-state index is 12.3. The lowest BCUT2D eigenvalue weighted by atomic mass is 9.94. The van der Waals surface area contributed by atoms with E-state index in [0.29, 0.717) is 0 Å². The molecule has 1 aliphatic heterocycles. The summed E-state index contributed by atoms with van der Waals surface area (Å²) in [5.74, 6) is -0.0300. The summed E-state index contributed by atoms with van der Waals surface area (Å²) in [4.78, 5) is 14.4. The smallest absolute Gasteiger partial charge is 0.153 e. The van der Waals surface area contributed by atoms with Crippen LogP contribution < -0.4 is 5.32 Å². The molecule has 0 aromatic carbocycles. The molecule has 0 aromatic rings. The number of Topliss-reactive ketones (excluding diaryl/α,β-unsaturated/α-hetero) is 1. The molecule has 0 aromatic heterocycles. The zero-order valence-electron chi connectivity index (χ0n) is 12.4. The first kappa shape index (κ1) is 16.6. The molecule has 112 valence electrons. The number of carbonyl (C=O) groups is 1. The van der Waals surface area contributed by atoms with Crippen LogP contribution >= 0.6 is 0 Å². The molecule has 1 heterocycles. The van der Waals surface area contributed by atoms with Crippen molar-refractivity contribution in [1.29, 1.82) is 0 Å². The molecule has 1 saturated heterocycles. The summed E-state index contributed by atoms with van der Waals surface area (Å²) in [6.07, 6.45) is 0.109. The summed E-state index contributed by atoms with van der Waals surface area (Å²) in [5, 5.41) is 2.83. The van der Waals surface area contributed by atoms with E-state index in [0.717, 1.165) is 26.2 Å². The molecule has 0 bridgehead atoms. The van der Waals surface area contributed by atoms with Crippen LogP contribution in [0.5, 0.6) is 0 Å². The van der Waals surface area contributed by atoms with Crippen LogP contribution in [0.2, 0.25) is 0 Å². The fraction of sp³-hybridized carbons (Fsp3) is 0.923. The van der Waals surface area contributed by atoms with Crippen LogP contribution in [0.4, 0.5) is 0 Å². The monoisotopic (exact) mass is 290 g/mol. The third-order valence-electron chi connectivity index (χ3n) is 3.92. The number of ketones is 1. The Morgan fingerprint density at radius 3 is 2.26 bits per heavy atom. The SMILES string of the molecule is CC(C)S(=O)(=O)CCC(=O)C(C)(C)N1CCNCC1. The van der Waals surface area contributed by atoms with E-state index >= 15 is 0 Å². The molecule has 1 aliphatic rings. The van der Waals surface area contributed by atoms with E-state index in [4.69, 9.17) is 0 Å². The van der Waals surface area contributed by atoms with Crippen molar-refractivity contribution in [2.45, 2.75) is 44.9 Å². The highest BCUT2D eigenvalue weighted by Crippen LogP contribution is 2.19. The van der Waals surface area contributed by atoms with E-state index in [1.807, 2.05) is 13.8 Å². The molecule has 0 amide bonds. The van der Waals surface area contributed by atoms with Gasteiger partial charge in [-0.1, -0.05) is 0 Å². The molecule has 0 unspecified atom stereocenters. The molecule has 0 atom stereocenters. The fourth-order valence-corrected chi connectivity index (χ4v) is 3.12. The van der Waals surface area contributed by atoms with Gasteiger partial charge in [0, 0.05) is 32.6 Å². The molecule has 1 fully saturated rings. The summed E-state index contributed by atoms with van der Waals surface area (Å²) in [7, 11) is -3.14. The summed E-state index contributed by atoms with van der Waals surface area (Å²) >= 11 is 0.